The first-order valence-corrected chi connectivity index (χ1v) is 19.4. The summed E-state index contributed by atoms with van der Waals surface area (Å²) in [5, 5.41) is 4.29. The Morgan fingerprint density at radius 1 is 0.700 bits per heavy atom. The third-order valence-electron chi connectivity index (χ3n) is 8.69. The van der Waals surface area contributed by atoms with E-state index in [0.29, 0.717) is 11.6 Å². The number of ether oxygens (including phenoxy) is 2. The summed E-state index contributed by atoms with van der Waals surface area (Å²) in [4.78, 5) is 0. The lowest BCUT2D eigenvalue weighted by molar-refractivity contribution is 0.0997. The van der Waals surface area contributed by atoms with Crippen LogP contribution in [0.25, 0.3) is 0 Å². The topological polar surface area (TPSA) is 31.0 Å². The van der Waals surface area contributed by atoms with E-state index in [1.54, 1.807) is 0 Å². The van der Waals surface area contributed by atoms with Gasteiger partial charge in [0.05, 0.1) is 13.8 Å². The molecule has 0 saturated carbocycles. The van der Waals surface area contributed by atoms with Crippen molar-refractivity contribution in [1.82, 2.24) is 0 Å². The molecule has 0 aliphatic carbocycles. The molecule has 0 amide bonds. The van der Waals surface area contributed by atoms with E-state index in [0.717, 1.165) is 5.75 Å². The van der Waals surface area contributed by atoms with Gasteiger partial charge in [-0.2, -0.15) is 0 Å². The number of benzene rings is 4. The standard InChI is InChI=1S/C34H39ClO3Si2/c1-4-39(5-2,6-3)34-33(37-34)32(26-36-28-18-16-17-27(35)25-28)38-40(29-19-10-7-11-20-29,30-21-12-8-13-22-30)31-23-14-9-15-24-31/h7-25,32-34H,4-6,26H2,1-3H3/t32-,33?,34?/m0/s1. The molecule has 0 aromatic heterocycles. The van der Waals surface area contributed by atoms with Crippen LogP contribution in [0.5, 0.6) is 5.75 Å². The summed E-state index contributed by atoms with van der Waals surface area (Å²) in [6, 6.07) is 43.4. The Hall–Kier alpha value is -2.68. The van der Waals surface area contributed by atoms with Crippen molar-refractivity contribution in [1.29, 1.82) is 0 Å². The quantitative estimate of drug-likeness (QED) is 0.101. The lowest BCUT2D eigenvalue weighted by Gasteiger charge is -2.37. The van der Waals surface area contributed by atoms with Gasteiger partial charge in [0.2, 0.25) is 0 Å². The number of hydrogen-bond acceptors (Lipinski definition) is 3. The molecular weight excluding hydrogens is 548 g/mol. The van der Waals surface area contributed by atoms with Gasteiger partial charge in [0.25, 0.3) is 8.32 Å². The van der Waals surface area contributed by atoms with Crippen molar-refractivity contribution in [3.8, 4) is 5.75 Å². The summed E-state index contributed by atoms with van der Waals surface area (Å²) in [5.41, 5.74) is 0.273. The molecule has 3 atom stereocenters. The Balaban J connectivity index is 1.61. The Labute approximate surface area is 246 Å². The van der Waals surface area contributed by atoms with Crippen molar-refractivity contribution in [2.45, 2.75) is 56.8 Å². The van der Waals surface area contributed by atoms with E-state index >= 15 is 0 Å². The van der Waals surface area contributed by atoms with E-state index in [1.165, 1.54) is 33.7 Å². The molecule has 208 valence electrons. The van der Waals surface area contributed by atoms with E-state index in [2.05, 4.69) is 112 Å². The van der Waals surface area contributed by atoms with E-state index < -0.39 is 16.4 Å². The Morgan fingerprint density at radius 3 is 1.65 bits per heavy atom. The van der Waals surface area contributed by atoms with Crippen LogP contribution in [0.1, 0.15) is 20.8 Å². The summed E-state index contributed by atoms with van der Waals surface area (Å²) in [5.74, 6) is 0.745. The zero-order valence-corrected chi connectivity index (χ0v) is 26.4. The van der Waals surface area contributed by atoms with Gasteiger partial charge < -0.3 is 13.9 Å². The summed E-state index contributed by atoms with van der Waals surface area (Å²) < 4.78 is 20.7. The fraction of sp³-hybridized carbons (Fsp3) is 0.294. The highest BCUT2D eigenvalue weighted by atomic mass is 35.5. The minimum Gasteiger partial charge on any atom is -0.491 e. The maximum absolute atomic E-state index is 7.61. The molecule has 1 saturated heterocycles. The third kappa shape index (κ3) is 5.85. The van der Waals surface area contributed by atoms with Crippen LogP contribution >= 0.6 is 11.6 Å². The largest absolute Gasteiger partial charge is 0.491 e. The van der Waals surface area contributed by atoms with Gasteiger partial charge >= 0.3 is 0 Å². The molecule has 2 unspecified atom stereocenters. The molecule has 4 aromatic rings. The SMILES string of the molecule is CC[Si](CC)(CC)C1OC1[C@H](COc1cccc(Cl)c1)O[Si](c1ccccc1)(c1ccccc1)c1ccccc1. The van der Waals surface area contributed by atoms with Crippen molar-refractivity contribution >= 4 is 43.6 Å². The van der Waals surface area contributed by atoms with Crippen LogP contribution in [-0.4, -0.2) is 40.9 Å². The first-order valence-electron chi connectivity index (χ1n) is 14.4. The van der Waals surface area contributed by atoms with Gasteiger partial charge in [-0.3, -0.25) is 0 Å². The summed E-state index contributed by atoms with van der Waals surface area (Å²) >= 11 is 6.30. The Morgan fingerprint density at radius 2 is 1.20 bits per heavy atom. The van der Waals surface area contributed by atoms with Crippen LogP contribution in [0.4, 0.5) is 0 Å². The van der Waals surface area contributed by atoms with Gasteiger partial charge in [-0.25, -0.2) is 0 Å². The fourth-order valence-corrected chi connectivity index (χ4v) is 14.4. The number of rotatable bonds is 13. The molecule has 40 heavy (non-hydrogen) atoms. The molecule has 1 aliphatic rings. The van der Waals surface area contributed by atoms with Gasteiger partial charge in [0.15, 0.2) is 0 Å². The predicted molar refractivity (Wildman–Crippen MR) is 172 cm³/mol. The molecular formula is C34H39ClO3Si2. The highest BCUT2D eigenvalue weighted by Crippen LogP contribution is 2.41. The monoisotopic (exact) mass is 586 g/mol. The van der Waals surface area contributed by atoms with Crippen molar-refractivity contribution < 1.29 is 13.9 Å². The van der Waals surface area contributed by atoms with Crippen molar-refractivity contribution in [3.63, 3.8) is 0 Å². The molecule has 1 heterocycles. The average Bonchev–Trinajstić information content (AvgIpc) is 3.82. The van der Waals surface area contributed by atoms with Gasteiger partial charge in [-0.15, -0.1) is 0 Å². The molecule has 0 radical (unpaired) electrons. The lowest BCUT2D eigenvalue weighted by Crippen LogP contribution is -2.71. The van der Waals surface area contributed by atoms with Crippen LogP contribution in [0, 0.1) is 0 Å². The minimum absolute atomic E-state index is 0.00807. The van der Waals surface area contributed by atoms with Crippen LogP contribution in [0.15, 0.2) is 115 Å². The van der Waals surface area contributed by atoms with Crippen molar-refractivity contribution in [3.05, 3.63) is 120 Å². The number of hydrogen-bond donors (Lipinski definition) is 0. The predicted octanol–water partition coefficient (Wildman–Crippen LogP) is 6.59. The maximum Gasteiger partial charge on any atom is 0.288 e. The minimum atomic E-state index is -2.95. The Kier molecular flexibility index (Phi) is 9.28. The van der Waals surface area contributed by atoms with Crippen LogP contribution in [0.3, 0.4) is 0 Å². The first-order chi connectivity index (χ1) is 19.6. The summed E-state index contributed by atoms with van der Waals surface area (Å²) in [7, 11) is -4.55. The second-order valence-electron chi connectivity index (χ2n) is 10.6. The summed E-state index contributed by atoms with van der Waals surface area (Å²) in [6.45, 7) is 7.41. The van der Waals surface area contributed by atoms with Crippen molar-refractivity contribution in [2.24, 2.45) is 0 Å². The van der Waals surface area contributed by atoms with Gasteiger partial charge in [-0.05, 0) is 33.8 Å². The molecule has 5 rings (SSSR count). The van der Waals surface area contributed by atoms with Crippen LogP contribution in [-0.2, 0) is 9.16 Å². The molecule has 6 heteroatoms. The second kappa shape index (κ2) is 12.9. The molecule has 1 aliphatic heterocycles. The average molecular weight is 587 g/mol. The normalized spacial score (nSPS) is 17.8. The lowest BCUT2D eigenvalue weighted by atomic mass is 10.3. The van der Waals surface area contributed by atoms with Gasteiger partial charge in [0, 0.05) is 5.02 Å². The smallest absolute Gasteiger partial charge is 0.288 e. The third-order valence-corrected chi connectivity index (χ3v) is 18.9. The highest BCUT2D eigenvalue weighted by Gasteiger charge is 2.58. The first kappa shape index (κ1) is 28.8. The second-order valence-corrected chi connectivity index (χ2v) is 19.8. The van der Waals surface area contributed by atoms with Gasteiger partial charge in [0.1, 0.15) is 24.6 Å². The van der Waals surface area contributed by atoms with Crippen LogP contribution < -0.4 is 20.3 Å². The van der Waals surface area contributed by atoms with Crippen LogP contribution in [0.2, 0.25) is 23.2 Å². The van der Waals surface area contributed by atoms with Crippen molar-refractivity contribution in [2.75, 3.05) is 6.61 Å². The Bertz CT molecular complexity index is 1240. The molecule has 0 bridgehead atoms. The molecule has 4 aromatic carbocycles. The zero-order valence-electron chi connectivity index (χ0n) is 23.6. The molecule has 0 spiro atoms. The van der Waals surface area contributed by atoms with E-state index in [-0.39, 0.29) is 17.9 Å². The van der Waals surface area contributed by atoms with E-state index in [9.17, 15) is 0 Å². The number of halogens is 1. The molecule has 0 N–H and O–H groups in total. The van der Waals surface area contributed by atoms with E-state index in [1.807, 2.05) is 24.3 Å². The zero-order chi connectivity index (χ0) is 28.0. The summed E-state index contributed by atoms with van der Waals surface area (Å²) in [6.07, 6.45) is -0.235. The number of epoxide rings is 1. The fourth-order valence-electron chi connectivity index (χ4n) is 6.13. The molecule has 3 nitrogen and oxygen atoms in total. The van der Waals surface area contributed by atoms with Gasteiger partial charge in [-0.1, -0.05) is 148 Å². The van der Waals surface area contributed by atoms with E-state index in [4.69, 9.17) is 25.5 Å². The molecule has 1 fully saturated rings. The highest BCUT2D eigenvalue weighted by molar-refractivity contribution is 7.07. The maximum atomic E-state index is 7.61.